The second-order valence-corrected chi connectivity index (χ2v) is 7.79. The highest BCUT2D eigenvalue weighted by Crippen LogP contribution is 2.43. The van der Waals surface area contributed by atoms with Crippen LogP contribution in [0, 0.1) is 20.8 Å². The van der Waals surface area contributed by atoms with Crippen molar-refractivity contribution in [2.24, 2.45) is 0 Å². The van der Waals surface area contributed by atoms with Crippen molar-refractivity contribution in [1.82, 2.24) is 10.2 Å². The zero-order chi connectivity index (χ0) is 19.2. The van der Waals surface area contributed by atoms with Gasteiger partial charge in [-0.3, -0.25) is 9.59 Å². The van der Waals surface area contributed by atoms with Gasteiger partial charge < -0.3 is 20.1 Å². The number of benzene rings is 1. The van der Waals surface area contributed by atoms with Crippen molar-refractivity contribution in [2.75, 3.05) is 13.6 Å². The molecular formula is C20H29ClN2O4. The summed E-state index contributed by atoms with van der Waals surface area (Å²) in [4.78, 5) is 26.9. The Balaban J connectivity index is 0.00000261. The lowest BCUT2D eigenvalue weighted by atomic mass is 9.86. The minimum absolute atomic E-state index is 0. The SMILES string of the molecule is Cc1c(C)c2c(c(C)c1O)CCC(C)(C(=O)NC1CCCN(C)C1=O)O2.Cl. The molecule has 3 rings (SSSR count). The van der Waals surface area contributed by atoms with Crippen LogP contribution in [-0.4, -0.2) is 47.1 Å². The Hall–Kier alpha value is -1.95. The first-order valence-electron chi connectivity index (χ1n) is 9.22. The van der Waals surface area contributed by atoms with Gasteiger partial charge in [0.05, 0.1) is 0 Å². The van der Waals surface area contributed by atoms with Crippen molar-refractivity contribution in [2.45, 2.75) is 65.0 Å². The molecule has 1 saturated heterocycles. The molecule has 7 heteroatoms. The average molecular weight is 397 g/mol. The third kappa shape index (κ3) is 3.59. The van der Waals surface area contributed by atoms with Crippen molar-refractivity contribution in [3.8, 4) is 11.5 Å². The van der Waals surface area contributed by atoms with Crippen LogP contribution in [0.3, 0.4) is 0 Å². The largest absolute Gasteiger partial charge is 0.507 e. The molecule has 6 nitrogen and oxygen atoms in total. The molecule has 0 radical (unpaired) electrons. The van der Waals surface area contributed by atoms with E-state index in [-0.39, 0.29) is 24.2 Å². The van der Waals surface area contributed by atoms with Crippen LogP contribution in [0.2, 0.25) is 0 Å². The van der Waals surface area contributed by atoms with Gasteiger partial charge in [-0.2, -0.15) is 0 Å². The van der Waals surface area contributed by atoms with Crippen LogP contribution in [0.4, 0.5) is 0 Å². The van der Waals surface area contributed by atoms with Crippen LogP contribution in [0.5, 0.6) is 11.5 Å². The second-order valence-electron chi connectivity index (χ2n) is 7.79. The van der Waals surface area contributed by atoms with Crippen LogP contribution in [0.15, 0.2) is 0 Å². The maximum absolute atomic E-state index is 12.9. The van der Waals surface area contributed by atoms with Crippen molar-refractivity contribution in [3.05, 3.63) is 22.3 Å². The number of nitrogens with one attached hydrogen (secondary N) is 1. The third-order valence-corrected chi connectivity index (χ3v) is 5.97. The maximum atomic E-state index is 12.9. The highest BCUT2D eigenvalue weighted by atomic mass is 35.5. The quantitative estimate of drug-likeness (QED) is 0.805. The van der Waals surface area contributed by atoms with Gasteiger partial charge in [-0.25, -0.2) is 0 Å². The molecule has 2 heterocycles. The molecule has 0 bridgehead atoms. The Bertz CT molecular complexity index is 780. The maximum Gasteiger partial charge on any atom is 0.264 e. The summed E-state index contributed by atoms with van der Waals surface area (Å²) in [5, 5.41) is 13.2. The molecular weight excluding hydrogens is 368 g/mol. The fourth-order valence-electron chi connectivity index (χ4n) is 3.88. The Morgan fingerprint density at radius 2 is 1.93 bits per heavy atom. The van der Waals surface area contributed by atoms with Crippen molar-refractivity contribution in [1.29, 1.82) is 0 Å². The summed E-state index contributed by atoms with van der Waals surface area (Å²) < 4.78 is 6.18. The molecule has 2 unspecified atom stereocenters. The summed E-state index contributed by atoms with van der Waals surface area (Å²) in [6.45, 7) is 8.14. The molecule has 1 aromatic rings. The van der Waals surface area contributed by atoms with Gasteiger partial charge in [0.2, 0.25) is 5.91 Å². The average Bonchev–Trinajstić information content (AvgIpc) is 2.62. The number of halogens is 1. The van der Waals surface area contributed by atoms with Crippen LogP contribution < -0.4 is 10.1 Å². The van der Waals surface area contributed by atoms with Crippen LogP contribution >= 0.6 is 12.4 Å². The number of piperidine rings is 1. The zero-order valence-electron chi connectivity index (χ0n) is 16.6. The number of fused-ring (bicyclic) bond motifs is 1. The van der Waals surface area contributed by atoms with Gasteiger partial charge in [0.1, 0.15) is 17.5 Å². The van der Waals surface area contributed by atoms with Crippen molar-refractivity contribution < 1.29 is 19.4 Å². The number of carbonyl (C=O) groups excluding carboxylic acids is 2. The second kappa shape index (κ2) is 7.58. The van der Waals surface area contributed by atoms with E-state index in [1.54, 1.807) is 18.9 Å². The first-order valence-corrected chi connectivity index (χ1v) is 9.22. The van der Waals surface area contributed by atoms with Crippen molar-refractivity contribution in [3.63, 3.8) is 0 Å². The summed E-state index contributed by atoms with van der Waals surface area (Å²) in [6, 6.07) is -0.479. The lowest BCUT2D eigenvalue weighted by molar-refractivity contribution is -0.143. The standard InChI is InChI=1S/C20H28N2O4.ClH/c1-11-12(2)17-14(13(3)16(11)23)8-9-20(4,26-17)19(25)21-15-7-6-10-22(5)18(15)24;/h15,23H,6-10H2,1-5H3,(H,21,25);1H. The number of carbonyl (C=O) groups is 2. The highest BCUT2D eigenvalue weighted by molar-refractivity contribution is 5.92. The molecule has 1 aromatic carbocycles. The number of ether oxygens (including phenoxy) is 1. The first-order chi connectivity index (χ1) is 12.2. The molecule has 0 saturated carbocycles. The fraction of sp³-hybridized carbons (Fsp3) is 0.600. The molecule has 2 N–H and O–H groups in total. The lowest BCUT2D eigenvalue weighted by Gasteiger charge is -2.38. The van der Waals surface area contributed by atoms with E-state index in [9.17, 15) is 14.7 Å². The molecule has 0 aromatic heterocycles. The number of hydrogen-bond acceptors (Lipinski definition) is 4. The Kier molecular flexibility index (Phi) is 6.00. The highest BCUT2D eigenvalue weighted by Gasteiger charge is 2.42. The van der Waals surface area contributed by atoms with Crippen LogP contribution in [0.25, 0.3) is 0 Å². The topological polar surface area (TPSA) is 78.9 Å². The number of amides is 2. The van der Waals surface area contributed by atoms with E-state index in [2.05, 4.69) is 5.32 Å². The summed E-state index contributed by atoms with van der Waals surface area (Å²) in [5.74, 6) is 0.694. The molecule has 2 aliphatic rings. The van der Waals surface area contributed by atoms with Gasteiger partial charge in [0, 0.05) is 25.6 Å². The van der Waals surface area contributed by atoms with E-state index in [1.807, 2.05) is 20.8 Å². The van der Waals surface area contributed by atoms with E-state index < -0.39 is 11.6 Å². The van der Waals surface area contributed by atoms with Gasteiger partial charge in [-0.05, 0) is 63.6 Å². The molecule has 0 aliphatic carbocycles. The molecule has 2 atom stereocenters. The van der Waals surface area contributed by atoms with E-state index >= 15 is 0 Å². The fourth-order valence-corrected chi connectivity index (χ4v) is 3.88. The number of phenolic OH excluding ortho intramolecular Hbond substituents is 1. The Morgan fingerprint density at radius 3 is 2.59 bits per heavy atom. The molecule has 2 aliphatic heterocycles. The summed E-state index contributed by atoms with van der Waals surface area (Å²) >= 11 is 0. The number of likely N-dealkylation sites (N-methyl/N-ethyl adjacent to an activating group) is 1. The smallest absolute Gasteiger partial charge is 0.264 e. The van der Waals surface area contributed by atoms with Crippen molar-refractivity contribution >= 4 is 24.2 Å². The molecule has 150 valence electrons. The summed E-state index contributed by atoms with van der Waals surface area (Å²) in [5.41, 5.74) is 2.38. The number of nitrogens with zero attached hydrogens (tertiary/aromatic N) is 1. The number of rotatable bonds is 2. The molecule has 0 spiro atoms. The monoisotopic (exact) mass is 396 g/mol. The van der Waals surface area contributed by atoms with E-state index in [1.165, 1.54) is 0 Å². The number of likely N-dealkylation sites (tertiary alicyclic amines) is 1. The normalized spacial score (nSPS) is 24.6. The number of hydrogen-bond donors (Lipinski definition) is 2. The van der Waals surface area contributed by atoms with E-state index in [0.717, 1.165) is 35.2 Å². The lowest BCUT2D eigenvalue weighted by Crippen LogP contribution is -2.58. The van der Waals surface area contributed by atoms with E-state index in [4.69, 9.17) is 4.74 Å². The number of phenols is 1. The third-order valence-electron chi connectivity index (χ3n) is 5.97. The Labute approximate surface area is 166 Å². The summed E-state index contributed by atoms with van der Waals surface area (Å²) in [7, 11) is 1.76. The first kappa shape index (κ1) is 21.4. The molecule has 2 amide bonds. The van der Waals surface area contributed by atoms with Crippen LogP contribution in [0.1, 0.15) is 48.4 Å². The predicted octanol–water partition coefficient (Wildman–Crippen LogP) is 2.56. The van der Waals surface area contributed by atoms with Gasteiger partial charge in [-0.15, -0.1) is 12.4 Å². The van der Waals surface area contributed by atoms with Gasteiger partial charge in [-0.1, -0.05) is 0 Å². The Morgan fingerprint density at radius 1 is 1.26 bits per heavy atom. The minimum atomic E-state index is -1.02. The molecule has 1 fully saturated rings. The number of aromatic hydroxyl groups is 1. The minimum Gasteiger partial charge on any atom is -0.507 e. The van der Waals surface area contributed by atoms with Gasteiger partial charge >= 0.3 is 0 Å². The van der Waals surface area contributed by atoms with Gasteiger partial charge in [0.15, 0.2) is 5.60 Å². The van der Waals surface area contributed by atoms with Gasteiger partial charge in [0.25, 0.3) is 5.91 Å². The summed E-state index contributed by atoms with van der Waals surface area (Å²) in [6.07, 6.45) is 2.70. The van der Waals surface area contributed by atoms with Crippen LogP contribution in [-0.2, 0) is 16.0 Å². The zero-order valence-corrected chi connectivity index (χ0v) is 17.5. The molecule has 27 heavy (non-hydrogen) atoms. The van der Waals surface area contributed by atoms with E-state index in [0.29, 0.717) is 30.8 Å². The predicted molar refractivity (Wildman–Crippen MR) is 106 cm³/mol.